The van der Waals surface area contributed by atoms with Crippen molar-refractivity contribution < 1.29 is 14.3 Å². The number of amides is 2. The van der Waals surface area contributed by atoms with E-state index < -0.39 is 11.9 Å². The molecule has 3 aromatic carbocycles. The second-order valence-electron chi connectivity index (χ2n) is 8.51. The van der Waals surface area contributed by atoms with Gasteiger partial charge in [-0.2, -0.15) is 5.10 Å². The molecule has 9 heteroatoms. The minimum Gasteiger partial charge on any atom is -0.488 e. The third-order valence-electron chi connectivity index (χ3n) is 5.29. The summed E-state index contributed by atoms with van der Waals surface area (Å²) in [5.74, 6) is -0.219. The summed E-state index contributed by atoms with van der Waals surface area (Å²) in [6.45, 7) is 5.94. The summed E-state index contributed by atoms with van der Waals surface area (Å²) in [5.41, 5.74) is 5.61. The minimum atomic E-state index is -0.738. The molecule has 0 aliphatic rings. The molecule has 0 heterocycles. The van der Waals surface area contributed by atoms with Crippen molar-refractivity contribution >= 4 is 57.2 Å². The van der Waals surface area contributed by atoms with Gasteiger partial charge in [0.1, 0.15) is 18.4 Å². The predicted molar refractivity (Wildman–Crippen MR) is 148 cm³/mol. The van der Waals surface area contributed by atoms with Crippen molar-refractivity contribution in [1.82, 2.24) is 10.7 Å². The number of hydrogen-bond donors (Lipinski definition) is 2. The first-order valence-electron chi connectivity index (χ1n) is 11.2. The van der Waals surface area contributed by atoms with Crippen LogP contribution in [0.25, 0.3) is 0 Å². The lowest BCUT2D eigenvalue weighted by Crippen LogP contribution is -2.48. The van der Waals surface area contributed by atoms with E-state index in [0.29, 0.717) is 25.8 Å². The van der Waals surface area contributed by atoms with Gasteiger partial charge < -0.3 is 10.1 Å². The van der Waals surface area contributed by atoms with Crippen molar-refractivity contribution in [3.8, 4) is 5.75 Å². The van der Waals surface area contributed by atoms with Crippen molar-refractivity contribution in [3.63, 3.8) is 0 Å². The Morgan fingerprint density at radius 2 is 1.78 bits per heavy atom. The molecule has 0 fully saturated rings. The molecular formula is C27H26BrCl2N3O3. The summed E-state index contributed by atoms with van der Waals surface area (Å²) in [4.78, 5) is 25.3. The molecule has 0 aliphatic heterocycles. The van der Waals surface area contributed by atoms with Crippen LogP contribution < -0.4 is 15.5 Å². The fourth-order valence-corrected chi connectivity index (χ4v) is 4.19. The minimum absolute atomic E-state index is 0.130. The fourth-order valence-electron chi connectivity index (χ4n) is 3.21. The molecule has 0 saturated heterocycles. The van der Waals surface area contributed by atoms with Crippen LogP contribution in [0.2, 0.25) is 10.0 Å². The summed E-state index contributed by atoms with van der Waals surface area (Å²) >= 11 is 15.6. The molecular weight excluding hydrogens is 565 g/mol. The molecule has 1 atom stereocenters. The molecule has 2 amide bonds. The third-order valence-corrected chi connectivity index (χ3v) is 6.50. The van der Waals surface area contributed by atoms with E-state index in [2.05, 4.69) is 31.8 Å². The smallest absolute Gasteiger partial charge is 0.262 e. The van der Waals surface area contributed by atoms with Crippen LogP contribution in [0.5, 0.6) is 5.75 Å². The Morgan fingerprint density at radius 3 is 2.42 bits per heavy atom. The van der Waals surface area contributed by atoms with Crippen molar-refractivity contribution in [2.24, 2.45) is 11.0 Å². The standard InChI is InChI=1S/C27H26BrCl2N3O3/c1-16(2)25(32-26(34)19-7-4-17(3)5-8-19)27(35)33-31-14-18-6-11-24(22(28)12-18)36-15-20-9-10-21(29)13-23(20)30/h4-14,16,25H,15H2,1-3H3,(H,32,34)(H,33,35)/b31-14+. The van der Waals surface area contributed by atoms with Gasteiger partial charge >= 0.3 is 0 Å². The molecule has 188 valence electrons. The van der Waals surface area contributed by atoms with Crippen LogP contribution in [-0.2, 0) is 11.4 Å². The van der Waals surface area contributed by atoms with Crippen molar-refractivity contribution in [2.75, 3.05) is 0 Å². The zero-order chi connectivity index (χ0) is 26.2. The van der Waals surface area contributed by atoms with Gasteiger partial charge in [-0.05, 0) is 76.8 Å². The Bertz CT molecular complexity index is 1260. The number of hydrazone groups is 1. The molecule has 0 aromatic heterocycles. The Hall–Kier alpha value is -2.87. The zero-order valence-electron chi connectivity index (χ0n) is 20.0. The van der Waals surface area contributed by atoms with Gasteiger partial charge in [-0.1, -0.05) is 60.8 Å². The predicted octanol–water partition coefficient (Wildman–Crippen LogP) is 6.55. The highest BCUT2D eigenvalue weighted by atomic mass is 79.9. The molecule has 0 bridgehead atoms. The molecule has 3 aromatic rings. The lowest BCUT2D eigenvalue weighted by Gasteiger charge is -2.20. The Morgan fingerprint density at radius 1 is 1.06 bits per heavy atom. The first-order valence-corrected chi connectivity index (χ1v) is 12.8. The highest BCUT2D eigenvalue weighted by Crippen LogP contribution is 2.28. The van der Waals surface area contributed by atoms with E-state index in [1.807, 2.05) is 45.0 Å². The average Bonchev–Trinajstić information content (AvgIpc) is 2.83. The van der Waals surface area contributed by atoms with E-state index in [0.717, 1.165) is 16.7 Å². The Balaban J connectivity index is 1.58. The zero-order valence-corrected chi connectivity index (χ0v) is 23.1. The topological polar surface area (TPSA) is 79.8 Å². The number of carbonyl (C=O) groups is 2. The van der Waals surface area contributed by atoms with E-state index in [-0.39, 0.29) is 18.4 Å². The van der Waals surface area contributed by atoms with Gasteiger partial charge in [-0.3, -0.25) is 9.59 Å². The van der Waals surface area contributed by atoms with E-state index >= 15 is 0 Å². The summed E-state index contributed by atoms with van der Waals surface area (Å²) in [5, 5.41) is 7.94. The second-order valence-corrected chi connectivity index (χ2v) is 10.2. The van der Waals surface area contributed by atoms with Crippen LogP contribution in [0, 0.1) is 12.8 Å². The highest BCUT2D eigenvalue weighted by molar-refractivity contribution is 9.10. The van der Waals surface area contributed by atoms with E-state index in [1.54, 1.807) is 36.4 Å². The number of ether oxygens (including phenoxy) is 1. The number of nitrogens with zero attached hydrogens (tertiary/aromatic N) is 1. The Kier molecular flexibility index (Phi) is 9.93. The van der Waals surface area contributed by atoms with Crippen LogP contribution in [0.3, 0.4) is 0 Å². The molecule has 0 radical (unpaired) electrons. The van der Waals surface area contributed by atoms with Gasteiger partial charge in [0.25, 0.3) is 11.8 Å². The lowest BCUT2D eigenvalue weighted by atomic mass is 10.0. The van der Waals surface area contributed by atoms with Crippen molar-refractivity contribution in [2.45, 2.75) is 33.4 Å². The molecule has 0 spiro atoms. The molecule has 0 saturated carbocycles. The van der Waals surface area contributed by atoms with Gasteiger partial charge in [0.15, 0.2) is 0 Å². The second kappa shape index (κ2) is 12.9. The Labute approximate surface area is 229 Å². The van der Waals surface area contributed by atoms with Crippen LogP contribution in [-0.4, -0.2) is 24.1 Å². The molecule has 36 heavy (non-hydrogen) atoms. The number of nitrogens with one attached hydrogen (secondary N) is 2. The third kappa shape index (κ3) is 7.82. The molecule has 3 rings (SSSR count). The van der Waals surface area contributed by atoms with Gasteiger partial charge in [0.2, 0.25) is 0 Å². The van der Waals surface area contributed by atoms with Gasteiger partial charge in [-0.15, -0.1) is 0 Å². The van der Waals surface area contributed by atoms with Crippen LogP contribution in [0.15, 0.2) is 70.2 Å². The number of aryl methyl sites for hydroxylation is 1. The molecule has 0 aliphatic carbocycles. The summed E-state index contributed by atoms with van der Waals surface area (Å²) < 4.78 is 6.57. The first-order chi connectivity index (χ1) is 17.1. The van der Waals surface area contributed by atoms with Crippen LogP contribution in [0.4, 0.5) is 0 Å². The quantitative estimate of drug-likeness (QED) is 0.219. The fraction of sp³-hybridized carbons (Fsp3) is 0.222. The summed E-state index contributed by atoms with van der Waals surface area (Å²) in [7, 11) is 0. The van der Waals surface area contributed by atoms with Crippen molar-refractivity contribution in [1.29, 1.82) is 0 Å². The van der Waals surface area contributed by atoms with E-state index in [1.165, 1.54) is 6.21 Å². The summed E-state index contributed by atoms with van der Waals surface area (Å²) in [6, 6.07) is 17.1. The van der Waals surface area contributed by atoms with Gasteiger partial charge in [0, 0.05) is 21.2 Å². The molecule has 2 N–H and O–H groups in total. The lowest BCUT2D eigenvalue weighted by molar-refractivity contribution is -0.123. The number of hydrogen-bond acceptors (Lipinski definition) is 4. The maximum absolute atomic E-state index is 12.7. The first kappa shape index (κ1) is 27.7. The van der Waals surface area contributed by atoms with Gasteiger partial charge in [-0.25, -0.2) is 5.43 Å². The number of benzene rings is 3. The number of halogens is 3. The molecule has 1 unspecified atom stereocenters. The SMILES string of the molecule is Cc1ccc(C(=O)NC(C(=O)N/N=C/c2ccc(OCc3ccc(Cl)cc3Cl)c(Br)c2)C(C)C)cc1. The van der Waals surface area contributed by atoms with Crippen molar-refractivity contribution in [3.05, 3.63) is 97.4 Å². The van der Waals surface area contributed by atoms with Gasteiger partial charge in [0.05, 0.1) is 10.7 Å². The van der Waals surface area contributed by atoms with E-state index in [4.69, 9.17) is 27.9 Å². The number of rotatable bonds is 9. The maximum atomic E-state index is 12.7. The maximum Gasteiger partial charge on any atom is 0.262 e. The van der Waals surface area contributed by atoms with E-state index in [9.17, 15) is 9.59 Å². The summed E-state index contributed by atoms with van der Waals surface area (Å²) in [6.07, 6.45) is 1.52. The highest BCUT2D eigenvalue weighted by Gasteiger charge is 2.24. The number of carbonyl (C=O) groups excluding carboxylic acids is 2. The monoisotopic (exact) mass is 589 g/mol. The van der Waals surface area contributed by atoms with Crippen LogP contribution >= 0.6 is 39.1 Å². The normalized spacial score (nSPS) is 12.0. The van der Waals surface area contributed by atoms with Crippen LogP contribution in [0.1, 0.15) is 40.9 Å². The molecule has 6 nitrogen and oxygen atoms in total. The largest absolute Gasteiger partial charge is 0.488 e. The average molecular weight is 591 g/mol.